The van der Waals surface area contributed by atoms with Gasteiger partial charge in [-0.15, -0.1) is 0 Å². The van der Waals surface area contributed by atoms with Gasteiger partial charge in [0.15, 0.2) is 11.5 Å². The average molecular weight is 467 g/mol. The van der Waals surface area contributed by atoms with Crippen LogP contribution in [0.3, 0.4) is 0 Å². The number of halogens is 1. The maximum atomic E-state index is 13.7. The molecular formula is C26H27FN2O5. The van der Waals surface area contributed by atoms with Gasteiger partial charge in [-0.1, -0.05) is 12.1 Å². The van der Waals surface area contributed by atoms with Gasteiger partial charge in [-0.2, -0.15) is 0 Å². The van der Waals surface area contributed by atoms with Crippen LogP contribution in [0.5, 0.6) is 11.5 Å². The van der Waals surface area contributed by atoms with Crippen molar-refractivity contribution < 1.29 is 27.9 Å². The van der Waals surface area contributed by atoms with Crippen molar-refractivity contribution in [3.05, 3.63) is 83.1 Å². The summed E-state index contributed by atoms with van der Waals surface area (Å²) < 4.78 is 30.2. The summed E-state index contributed by atoms with van der Waals surface area (Å²) >= 11 is 0. The molecule has 1 aromatic heterocycles. The van der Waals surface area contributed by atoms with Crippen molar-refractivity contribution in [1.29, 1.82) is 0 Å². The second kappa shape index (κ2) is 9.99. The summed E-state index contributed by atoms with van der Waals surface area (Å²) in [6.07, 6.45) is 0. The quantitative estimate of drug-likeness (QED) is 0.488. The molecule has 34 heavy (non-hydrogen) atoms. The second-order valence-electron chi connectivity index (χ2n) is 8.49. The van der Waals surface area contributed by atoms with E-state index in [0.717, 1.165) is 11.3 Å². The third-order valence-electron chi connectivity index (χ3n) is 5.57. The highest BCUT2D eigenvalue weighted by molar-refractivity contribution is 5.96. The van der Waals surface area contributed by atoms with Crippen LogP contribution in [0.1, 0.15) is 41.3 Å². The molecule has 0 atom stereocenters. The molecule has 0 bridgehead atoms. The molecule has 0 fully saturated rings. The number of carbonyl (C=O) groups is 2. The molecule has 2 heterocycles. The Morgan fingerprint density at radius 1 is 1.00 bits per heavy atom. The highest BCUT2D eigenvalue weighted by Crippen LogP contribution is 2.33. The first-order valence-electron chi connectivity index (χ1n) is 11.1. The van der Waals surface area contributed by atoms with Gasteiger partial charge in [0.1, 0.15) is 23.9 Å². The molecule has 0 spiro atoms. The molecule has 1 aliphatic heterocycles. The van der Waals surface area contributed by atoms with Crippen molar-refractivity contribution in [3.63, 3.8) is 0 Å². The highest BCUT2D eigenvalue weighted by atomic mass is 19.1. The zero-order valence-corrected chi connectivity index (χ0v) is 19.4. The van der Waals surface area contributed by atoms with E-state index in [1.165, 1.54) is 23.1 Å². The van der Waals surface area contributed by atoms with Crippen LogP contribution in [0.15, 0.2) is 59.0 Å². The number of furan rings is 1. The Kier molecular flexibility index (Phi) is 6.86. The minimum Gasteiger partial charge on any atom is -0.464 e. The minimum absolute atomic E-state index is 0.156. The fourth-order valence-corrected chi connectivity index (χ4v) is 3.77. The number of ether oxygens (including phenoxy) is 2. The molecule has 0 saturated carbocycles. The van der Waals surface area contributed by atoms with Crippen molar-refractivity contribution in [2.75, 3.05) is 13.3 Å². The van der Waals surface area contributed by atoms with E-state index in [4.69, 9.17) is 13.9 Å². The SMILES string of the molecule is Cc1ccc(CN(Cc2ccc3c(c2)OCO3)C(=O)CN(C(=O)c2cccc(F)c2)C(C)C)o1. The molecule has 0 unspecified atom stereocenters. The van der Waals surface area contributed by atoms with Crippen LogP contribution in [0.4, 0.5) is 4.39 Å². The summed E-state index contributed by atoms with van der Waals surface area (Å²) in [5.74, 6) is 1.51. The Hall–Kier alpha value is -3.81. The number of nitrogens with zero attached hydrogens (tertiary/aromatic N) is 2. The van der Waals surface area contributed by atoms with Crippen LogP contribution >= 0.6 is 0 Å². The van der Waals surface area contributed by atoms with Crippen LogP contribution < -0.4 is 9.47 Å². The van der Waals surface area contributed by atoms with E-state index in [2.05, 4.69) is 0 Å². The lowest BCUT2D eigenvalue weighted by Gasteiger charge is -2.30. The monoisotopic (exact) mass is 466 g/mol. The van der Waals surface area contributed by atoms with Crippen molar-refractivity contribution in [3.8, 4) is 11.5 Å². The van der Waals surface area contributed by atoms with Crippen LogP contribution in [0, 0.1) is 12.7 Å². The van der Waals surface area contributed by atoms with E-state index in [9.17, 15) is 14.0 Å². The molecule has 2 aromatic carbocycles. The van der Waals surface area contributed by atoms with Gasteiger partial charge in [0, 0.05) is 18.2 Å². The van der Waals surface area contributed by atoms with Crippen LogP contribution in [0.2, 0.25) is 0 Å². The fourth-order valence-electron chi connectivity index (χ4n) is 3.77. The number of hydrogen-bond donors (Lipinski definition) is 0. The van der Waals surface area contributed by atoms with Crippen LogP contribution in [0.25, 0.3) is 0 Å². The summed E-state index contributed by atoms with van der Waals surface area (Å²) in [7, 11) is 0. The van der Waals surface area contributed by atoms with Crippen molar-refractivity contribution in [1.82, 2.24) is 9.80 Å². The summed E-state index contributed by atoms with van der Waals surface area (Å²) in [5.41, 5.74) is 1.05. The number of hydrogen-bond acceptors (Lipinski definition) is 5. The van der Waals surface area contributed by atoms with Gasteiger partial charge in [-0.3, -0.25) is 9.59 Å². The lowest BCUT2D eigenvalue weighted by Crippen LogP contribution is -2.45. The Morgan fingerprint density at radius 2 is 1.79 bits per heavy atom. The molecule has 1 aliphatic rings. The average Bonchev–Trinajstić information content (AvgIpc) is 3.44. The number of fused-ring (bicyclic) bond motifs is 1. The zero-order chi connectivity index (χ0) is 24.2. The first kappa shape index (κ1) is 23.4. The first-order valence-corrected chi connectivity index (χ1v) is 11.1. The van der Waals surface area contributed by atoms with E-state index in [1.54, 1.807) is 11.0 Å². The Morgan fingerprint density at radius 3 is 2.50 bits per heavy atom. The van der Waals surface area contributed by atoms with Gasteiger partial charge in [0.25, 0.3) is 5.91 Å². The fraction of sp³-hybridized carbons (Fsp3) is 0.308. The van der Waals surface area contributed by atoms with Gasteiger partial charge >= 0.3 is 0 Å². The predicted octanol–water partition coefficient (Wildman–Crippen LogP) is 4.54. The van der Waals surface area contributed by atoms with Crippen LogP contribution in [-0.4, -0.2) is 41.0 Å². The van der Waals surface area contributed by atoms with Gasteiger partial charge in [-0.25, -0.2) is 4.39 Å². The predicted molar refractivity (Wildman–Crippen MR) is 123 cm³/mol. The van der Waals surface area contributed by atoms with E-state index in [-0.39, 0.29) is 43.9 Å². The molecule has 8 heteroatoms. The maximum Gasteiger partial charge on any atom is 0.254 e. The molecule has 0 aliphatic carbocycles. The molecule has 7 nitrogen and oxygen atoms in total. The Balaban J connectivity index is 1.56. The van der Waals surface area contributed by atoms with Crippen molar-refractivity contribution >= 4 is 11.8 Å². The highest BCUT2D eigenvalue weighted by Gasteiger charge is 2.26. The van der Waals surface area contributed by atoms with Gasteiger partial charge in [0.05, 0.1) is 6.54 Å². The largest absolute Gasteiger partial charge is 0.464 e. The lowest BCUT2D eigenvalue weighted by molar-refractivity contribution is -0.133. The van der Waals surface area contributed by atoms with Crippen LogP contribution in [-0.2, 0) is 17.9 Å². The second-order valence-corrected chi connectivity index (χ2v) is 8.49. The van der Waals surface area contributed by atoms with Crippen molar-refractivity contribution in [2.45, 2.75) is 39.9 Å². The smallest absolute Gasteiger partial charge is 0.254 e. The summed E-state index contributed by atoms with van der Waals surface area (Å²) in [4.78, 5) is 29.6. The van der Waals surface area contributed by atoms with Crippen molar-refractivity contribution in [2.24, 2.45) is 0 Å². The third kappa shape index (κ3) is 5.39. The molecule has 2 amide bonds. The zero-order valence-electron chi connectivity index (χ0n) is 19.4. The third-order valence-corrected chi connectivity index (χ3v) is 5.57. The summed E-state index contributed by atoms with van der Waals surface area (Å²) in [6, 6.07) is 14.4. The van der Waals surface area contributed by atoms with E-state index < -0.39 is 11.7 Å². The molecule has 3 aromatic rings. The van der Waals surface area contributed by atoms with E-state index in [0.29, 0.717) is 17.3 Å². The molecule has 0 radical (unpaired) electrons. The van der Waals surface area contributed by atoms with Gasteiger partial charge < -0.3 is 23.7 Å². The normalized spacial score (nSPS) is 12.1. The van der Waals surface area contributed by atoms with Gasteiger partial charge in [-0.05, 0) is 68.8 Å². The minimum atomic E-state index is -0.501. The standard InChI is InChI=1S/C26H27FN2O5/c1-17(2)29(26(31)20-5-4-6-21(27)12-20)15-25(30)28(14-22-9-7-18(3)34-22)13-19-8-10-23-24(11-19)33-16-32-23/h4-12,17H,13-16H2,1-3H3. The molecule has 0 N–H and O–H groups in total. The number of amides is 2. The van der Waals surface area contributed by atoms with E-state index in [1.807, 2.05) is 51.1 Å². The molecular weight excluding hydrogens is 439 g/mol. The number of carbonyl (C=O) groups excluding carboxylic acids is 2. The topological polar surface area (TPSA) is 72.2 Å². The number of aryl methyl sites for hydroxylation is 1. The molecule has 4 rings (SSSR count). The Bertz CT molecular complexity index is 1190. The number of rotatable bonds is 8. The first-order chi connectivity index (χ1) is 16.3. The Labute approximate surface area is 197 Å². The van der Waals surface area contributed by atoms with E-state index >= 15 is 0 Å². The molecule has 178 valence electrons. The maximum absolute atomic E-state index is 13.7. The summed E-state index contributed by atoms with van der Waals surface area (Å²) in [5, 5.41) is 0. The number of benzene rings is 2. The lowest BCUT2D eigenvalue weighted by atomic mass is 10.1. The summed E-state index contributed by atoms with van der Waals surface area (Å²) in [6.45, 7) is 6.02. The van der Waals surface area contributed by atoms with Gasteiger partial charge in [0.2, 0.25) is 12.7 Å². The molecule has 0 saturated heterocycles.